The van der Waals surface area contributed by atoms with Gasteiger partial charge in [-0.05, 0) is 31.4 Å². The number of nitrogens with two attached hydrogens (primary N) is 1. The van der Waals surface area contributed by atoms with Crippen LogP contribution in [-0.4, -0.2) is 23.6 Å². The van der Waals surface area contributed by atoms with Gasteiger partial charge in [0.25, 0.3) is 0 Å². The van der Waals surface area contributed by atoms with E-state index in [9.17, 15) is 4.79 Å². The molecule has 5 heteroatoms. The smallest absolute Gasteiger partial charge is 0.226 e. The highest BCUT2D eigenvalue weighted by atomic mass is 32.1. The second kappa shape index (κ2) is 6.63. The number of ether oxygens (including phenoxy) is 1. The maximum absolute atomic E-state index is 11.8. The van der Waals surface area contributed by atoms with Gasteiger partial charge in [-0.1, -0.05) is 24.4 Å². The summed E-state index contributed by atoms with van der Waals surface area (Å²) in [7, 11) is 0. The van der Waals surface area contributed by atoms with Crippen molar-refractivity contribution < 1.29 is 9.53 Å². The Labute approximate surface area is 118 Å². The van der Waals surface area contributed by atoms with Crippen LogP contribution in [0, 0.1) is 0 Å². The Morgan fingerprint density at radius 3 is 2.79 bits per heavy atom. The fourth-order valence-corrected chi connectivity index (χ4v) is 2.05. The molecule has 0 saturated heterocycles. The van der Waals surface area contributed by atoms with Crippen LogP contribution in [-0.2, 0) is 9.53 Å². The fraction of sp³-hybridized carbons (Fsp3) is 0.429. The molecule has 0 bridgehead atoms. The predicted octanol–water partition coefficient (Wildman–Crippen LogP) is 2.22. The summed E-state index contributed by atoms with van der Waals surface area (Å²) < 4.78 is 5.55. The minimum atomic E-state index is -0.0805. The van der Waals surface area contributed by atoms with Gasteiger partial charge in [0.05, 0.1) is 24.8 Å². The molecule has 19 heavy (non-hydrogen) atoms. The molecule has 0 spiro atoms. The molecule has 3 N–H and O–H groups in total. The van der Waals surface area contributed by atoms with Gasteiger partial charge in [0.2, 0.25) is 5.91 Å². The molecule has 102 valence electrons. The lowest BCUT2D eigenvalue weighted by Gasteiger charge is -2.25. The molecule has 0 aromatic heterocycles. The summed E-state index contributed by atoms with van der Waals surface area (Å²) in [4.78, 5) is 12.1. The van der Waals surface area contributed by atoms with E-state index in [1.807, 2.05) is 12.1 Å². The number of thiocarbonyl (C=S) groups is 1. The summed E-state index contributed by atoms with van der Waals surface area (Å²) in [6.45, 7) is 0.464. The molecule has 0 unspecified atom stereocenters. The lowest BCUT2D eigenvalue weighted by atomic mass is 9.96. The molecule has 1 fully saturated rings. The average Bonchev–Trinajstić information content (AvgIpc) is 2.32. The van der Waals surface area contributed by atoms with E-state index in [0.717, 1.165) is 12.8 Å². The average molecular weight is 278 g/mol. The van der Waals surface area contributed by atoms with Gasteiger partial charge in [-0.2, -0.15) is 0 Å². The molecule has 1 aliphatic rings. The van der Waals surface area contributed by atoms with E-state index in [1.54, 1.807) is 12.1 Å². The van der Waals surface area contributed by atoms with Crippen LogP contribution in [0.25, 0.3) is 0 Å². The van der Waals surface area contributed by atoms with Crippen LogP contribution in [0.2, 0.25) is 0 Å². The third-order valence-electron chi connectivity index (χ3n) is 3.20. The van der Waals surface area contributed by atoms with Gasteiger partial charge >= 0.3 is 0 Å². The van der Waals surface area contributed by atoms with Crippen molar-refractivity contribution in [2.45, 2.75) is 31.8 Å². The Hall–Kier alpha value is -1.46. The summed E-state index contributed by atoms with van der Waals surface area (Å²) in [5, 5.41) is 2.82. The first-order chi connectivity index (χ1) is 9.16. The second-order valence-electron chi connectivity index (χ2n) is 4.63. The number of amides is 1. The molecule has 1 aromatic carbocycles. The van der Waals surface area contributed by atoms with Crippen LogP contribution in [0.3, 0.4) is 0 Å². The van der Waals surface area contributed by atoms with Gasteiger partial charge in [0.15, 0.2) is 0 Å². The topological polar surface area (TPSA) is 64.3 Å². The summed E-state index contributed by atoms with van der Waals surface area (Å²) in [5.41, 5.74) is 6.95. The number of anilines is 1. The Balaban J connectivity index is 1.82. The van der Waals surface area contributed by atoms with Crippen LogP contribution >= 0.6 is 12.2 Å². The number of nitrogens with one attached hydrogen (secondary N) is 1. The Kier molecular flexibility index (Phi) is 4.87. The molecular formula is C14H18N2O2S. The van der Waals surface area contributed by atoms with Crippen molar-refractivity contribution in [2.75, 3.05) is 11.9 Å². The first kappa shape index (κ1) is 14.0. The fourth-order valence-electron chi connectivity index (χ4n) is 1.88. The molecule has 2 rings (SSSR count). The lowest BCUT2D eigenvalue weighted by molar-refractivity contribution is -0.118. The molecule has 0 heterocycles. The van der Waals surface area contributed by atoms with Crippen LogP contribution in [0.5, 0.6) is 0 Å². The van der Waals surface area contributed by atoms with E-state index in [2.05, 4.69) is 5.32 Å². The van der Waals surface area contributed by atoms with E-state index in [1.165, 1.54) is 6.42 Å². The van der Waals surface area contributed by atoms with Crippen LogP contribution < -0.4 is 11.1 Å². The molecule has 4 nitrogen and oxygen atoms in total. The second-order valence-corrected chi connectivity index (χ2v) is 5.07. The Morgan fingerprint density at radius 2 is 2.16 bits per heavy atom. The van der Waals surface area contributed by atoms with Crippen LogP contribution in [0.15, 0.2) is 24.3 Å². The number of hydrogen-bond acceptors (Lipinski definition) is 3. The van der Waals surface area contributed by atoms with E-state index in [0.29, 0.717) is 30.4 Å². The summed E-state index contributed by atoms with van der Waals surface area (Å²) in [6, 6.07) is 7.26. The van der Waals surface area contributed by atoms with Crippen LogP contribution in [0.1, 0.15) is 31.2 Å². The quantitative estimate of drug-likeness (QED) is 0.783. The summed E-state index contributed by atoms with van der Waals surface area (Å²) >= 11 is 4.95. The number of benzene rings is 1. The predicted molar refractivity (Wildman–Crippen MR) is 79.2 cm³/mol. The summed E-state index contributed by atoms with van der Waals surface area (Å²) in [6.07, 6.45) is 4.18. The largest absolute Gasteiger partial charge is 0.389 e. The number of carbonyl (C=O) groups excluding carboxylic acids is 1. The Morgan fingerprint density at radius 1 is 1.42 bits per heavy atom. The third-order valence-corrected chi connectivity index (χ3v) is 3.42. The van der Waals surface area contributed by atoms with Crippen LogP contribution in [0.4, 0.5) is 5.69 Å². The molecule has 0 aliphatic heterocycles. The molecule has 0 atom stereocenters. The zero-order valence-electron chi connectivity index (χ0n) is 10.7. The van der Waals surface area contributed by atoms with E-state index >= 15 is 0 Å². The van der Waals surface area contributed by atoms with Gasteiger partial charge in [-0.25, -0.2) is 0 Å². The van der Waals surface area contributed by atoms with Gasteiger partial charge in [-0.15, -0.1) is 0 Å². The first-order valence-corrected chi connectivity index (χ1v) is 6.88. The standard InChI is InChI=1S/C14H18N2O2S/c15-14(19)11-6-1-2-7-12(11)16-13(17)8-9-18-10-4-3-5-10/h1-2,6-7,10H,3-5,8-9H2,(H2,15,19)(H,16,17). The molecule has 0 radical (unpaired) electrons. The van der Waals surface area contributed by atoms with Gasteiger partial charge in [0, 0.05) is 5.56 Å². The van der Waals surface area contributed by atoms with Crippen molar-refractivity contribution in [1.29, 1.82) is 0 Å². The number of para-hydroxylation sites is 1. The SMILES string of the molecule is NC(=S)c1ccccc1NC(=O)CCOC1CCC1. The van der Waals surface area contributed by atoms with Gasteiger partial charge in [0.1, 0.15) is 4.99 Å². The number of rotatable bonds is 6. The van der Waals surface area contributed by atoms with Crippen molar-refractivity contribution in [3.8, 4) is 0 Å². The highest BCUT2D eigenvalue weighted by Gasteiger charge is 2.18. The number of carbonyl (C=O) groups is 1. The maximum atomic E-state index is 11.8. The monoisotopic (exact) mass is 278 g/mol. The first-order valence-electron chi connectivity index (χ1n) is 6.47. The lowest BCUT2D eigenvalue weighted by Crippen LogP contribution is -2.24. The van der Waals surface area contributed by atoms with E-state index in [4.69, 9.17) is 22.7 Å². The highest BCUT2D eigenvalue weighted by Crippen LogP contribution is 2.22. The highest BCUT2D eigenvalue weighted by molar-refractivity contribution is 7.80. The molecular weight excluding hydrogens is 260 g/mol. The van der Waals surface area contributed by atoms with Gasteiger partial charge < -0.3 is 15.8 Å². The molecule has 1 aliphatic carbocycles. The van der Waals surface area contributed by atoms with Crippen molar-refractivity contribution in [1.82, 2.24) is 0 Å². The summed E-state index contributed by atoms with van der Waals surface area (Å²) in [5.74, 6) is -0.0805. The van der Waals surface area contributed by atoms with Crippen molar-refractivity contribution in [3.63, 3.8) is 0 Å². The molecule has 1 amide bonds. The zero-order valence-corrected chi connectivity index (χ0v) is 11.5. The van der Waals surface area contributed by atoms with E-state index in [-0.39, 0.29) is 10.9 Å². The minimum absolute atomic E-state index is 0.0805. The Bertz CT molecular complexity index is 472. The maximum Gasteiger partial charge on any atom is 0.226 e. The van der Waals surface area contributed by atoms with Crippen molar-refractivity contribution in [2.24, 2.45) is 5.73 Å². The molecule has 1 saturated carbocycles. The minimum Gasteiger partial charge on any atom is -0.389 e. The van der Waals surface area contributed by atoms with Crippen molar-refractivity contribution >= 4 is 28.8 Å². The third kappa shape index (κ3) is 4.01. The number of hydrogen-bond donors (Lipinski definition) is 2. The van der Waals surface area contributed by atoms with Crippen molar-refractivity contribution in [3.05, 3.63) is 29.8 Å². The normalized spacial score (nSPS) is 14.7. The van der Waals surface area contributed by atoms with Gasteiger partial charge in [-0.3, -0.25) is 4.79 Å². The van der Waals surface area contributed by atoms with E-state index < -0.39 is 0 Å². The molecule has 1 aromatic rings. The zero-order chi connectivity index (χ0) is 13.7.